The molecule has 1 aromatic rings. The first-order valence-corrected chi connectivity index (χ1v) is 5.07. The minimum absolute atomic E-state index is 0.0532. The summed E-state index contributed by atoms with van der Waals surface area (Å²) in [5.74, 6) is 1.21. The van der Waals surface area contributed by atoms with Crippen LogP contribution in [0.4, 0.5) is 17.6 Å². The maximum atomic E-state index is 11.2. The van der Waals surface area contributed by atoms with Crippen molar-refractivity contribution in [2.45, 2.75) is 6.42 Å². The van der Waals surface area contributed by atoms with Gasteiger partial charge in [-0.1, -0.05) is 0 Å². The Morgan fingerprint density at radius 1 is 1.31 bits per heavy atom. The molecular formula is C9H14N6O. The van der Waals surface area contributed by atoms with Gasteiger partial charge in [-0.25, -0.2) is 0 Å². The lowest BCUT2D eigenvalue weighted by atomic mass is 10.3. The lowest BCUT2D eigenvalue weighted by molar-refractivity contribution is -0.120. The number of carbonyl (C=O) groups is 1. The molecule has 0 saturated carbocycles. The summed E-state index contributed by atoms with van der Waals surface area (Å²) in [7, 11) is 0. The molecule has 86 valence electrons. The van der Waals surface area contributed by atoms with Crippen molar-refractivity contribution in [2.24, 2.45) is 0 Å². The summed E-state index contributed by atoms with van der Waals surface area (Å²) < 4.78 is 0. The van der Waals surface area contributed by atoms with Crippen molar-refractivity contribution < 1.29 is 4.79 Å². The quantitative estimate of drug-likeness (QED) is 0.560. The van der Waals surface area contributed by atoms with E-state index in [-0.39, 0.29) is 11.9 Å². The van der Waals surface area contributed by atoms with Crippen LogP contribution in [0.25, 0.3) is 0 Å². The summed E-state index contributed by atoms with van der Waals surface area (Å²) in [5.41, 5.74) is 11.1. The predicted octanol–water partition coefficient (Wildman–Crippen LogP) is -1.03. The third-order valence-electron chi connectivity index (χ3n) is 2.39. The zero-order valence-electron chi connectivity index (χ0n) is 8.81. The molecule has 7 heteroatoms. The Morgan fingerprint density at radius 2 is 2.12 bits per heavy atom. The van der Waals surface area contributed by atoms with E-state index < -0.39 is 0 Å². The molecule has 1 aromatic heterocycles. The van der Waals surface area contributed by atoms with Gasteiger partial charge in [0, 0.05) is 32.1 Å². The molecule has 0 aromatic carbocycles. The van der Waals surface area contributed by atoms with Gasteiger partial charge in [-0.3, -0.25) is 4.79 Å². The Labute approximate surface area is 92.8 Å². The molecule has 0 unspecified atom stereocenters. The molecule has 0 atom stereocenters. The van der Waals surface area contributed by atoms with Crippen LogP contribution in [0, 0.1) is 0 Å². The maximum Gasteiger partial charge on any atom is 0.223 e. The second-order valence-corrected chi connectivity index (χ2v) is 3.60. The van der Waals surface area contributed by atoms with Crippen molar-refractivity contribution in [1.29, 1.82) is 0 Å². The van der Waals surface area contributed by atoms with Gasteiger partial charge in [0.1, 0.15) is 11.6 Å². The minimum Gasteiger partial charge on any atom is -0.383 e. The third kappa shape index (κ3) is 2.30. The molecule has 1 aliphatic rings. The normalized spacial score (nSPS) is 16.8. The fourth-order valence-corrected chi connectivity index (χ4v) is 1.63. The Morgan fingerprint density at radius 3 is 2.88 bits per heavy atom. The van der Waals surface area contributed by atoms with Crippen LogP contribution in [-0.4, -0.2) is 35.5 Å². The summed E-state index contributed by atoms with van der Waals surface area (Å²) in [6, 6.07) is 1.66. The number of hydrogen-bond acceptors (Lipinski definition) is 6. The Kier molecular flexibility index (Phi) is 2.76. The Hall–Kier alpha value is -2.05. The molecule has 0 aliphatic carbocycles. The molecule has 2 rings (SSSR count). The molecule has 2 heterocycles. The van der Waals surface area contributed by atoms with Crippen LogP contribution in [-0.2, 0) is 4.79 Å². The number of anilines is 3. The molecule has 0 spiro atoms. The molecule has 1 fully saturated rings. The monoisotopic (exact) mass is 222 g/mol. The fraction of sp³-hybridized carbons (Fsp3) is 0.444. The van der Waals surface area contributed by atoms with Crippen LogP contribution in [0.15, 0.2) is 6.07 Å². The van der Waals surface area contributed by atoms with Gasteiger partial charge < -0.3 is 21.7 Å². The zero-order valence-corrected chi connectivity index (χ0v) is 8.81. The second kappa shape index (κ2) is 4.21. The van der Waals surface area contributed by atoms with Gasteiger partial charge in [-0.05, 0) is 0 Å². The minimum atomic E-state index is 0.0532. The first-order chi connectivity index (χ1) is 7.65. The summed E-state index contributed by atoms with van der Waals surface area (Å²) in [6.45, 7) is 1.91. The highest BCUT2D eigenvalue weighted by atomic mass is 16.1. The molecule has 0 radical (unpaired) electrons. The second-order valence-electron chi connectivity index (χ2n) is 3.60. The van der Waals surface area contributed by atoms with E-state index in [4.69, 9.17) is 11.5 Å². The van der Waals surface area contributed by atoms with Gasteiger partial charge in [-0.15, -0.1) is 0 Å². The van der Waals surface area contributed by atoms with Crippen molar-refractivity contribution >= 4 is 23.5 Å². The van der Waals surface area contributed by atoms with Crippen LogP contribution in [0.2, 0.25) is 0 Å². The van der Waals surface area contributed by atoms with E-state index in [9.17, 15) is 4.79 Å². The van der Waals surface area contributed by atoms with Gasteiger partial charge in [-0.2, -0.15) is 9.97 Å². The van der Waals surface area contributed by atoms with Gasteiger partial charge in [0.2, 0.25) is 11.9 Å². The molecule has 7 nitrogen and oxygen atoms in total. The van der Waals surface area contributed by atoms with Crippen molar-refractivity contribution in [3.63, 3.8) is 0 Å². The third-order valence-corrected chi connectivity index (χ3v) is 2.39. The van der Waals surface area contributed by atoms with Crippen molar-refractivity contribution in [2.75, 3.05) is 36.0 Å². The van der Waals surface area contributed by atoms with E-state index in [2.05, 4.69) is 15.3 Å². The number of nitrogens with zero attached hydrogens (tertiary/aromatic N) is 3. The number of aromatic nitrogens is 2. The van der Waals surface area contributed by atoms with E-state index >= 15 is 0 Å². The molecule has 5 N–H and O–H groups in total. The number of nitrogens with two attached hydrogens (primary N) is 2. The van der Waals surface area contributed by atoms with Gasteiger partial charge in [0.25, 0.3) is 0 Å². The number of rotatable bonds is 1. The first-order valence-electron chi connectivity index (χ1n) is 5.07. The van der Waals surface area contributed by atoms with Crippen LogP contribution < -0.4 is 21.7 Å². The highest BCUT2D eigenvalue weighted by Crippen LogP contribution is 2.15. The summed E-state index contributed by atoms with van der Waals surface area (Å²) in [4.78, 5) is 21.0. The average Bonchev–Trinajstić information content (AvgIpc) is 2.41. The predicted molar refractivity (Wildman–Crippen MR) is 60.7 cm³/mol. The number of nitrogens with one attached hydrogen (secondary N) is 1. The number of amides is 1. The molecular weight excluding hydrogens is 208 g/mol. The van der Waals surface area contributed by atoms with Crippen LogP contribution in [0.3, 0.4) is 0 Å². The van der Waals surface area contributed by atoms with Crippen molar-refractivity contribution in [3.8, 4) is 0 Å². The number of nitrogen functional groups attached to an aromatic ring is 2. The molecule has 1 saturated heterocycles. The van der Waals surface area contributed by atoms with Gasteiger partial charge in [0.15, 0.2) is 0 Å². The van der Waals surface area contributed by atoms with Crippen LogP contribution in [0.1, 0.15) is 6.42 Å². The lowest BCUT2D eigenvalue weighted by Crippen LogP contribution is -2.29. The van der Waals surface area contributed by atoms with Gasteiger partial charge >= 0.3 is 0 Å². The number of carbonyl (C=O) groups excluding carboxylic acids is 1. The highest BCUT2D eigenvalue weighted by molar-refractivity contribution is 5.77. The first kappa shape index (κ1) is 10.5. The van der Waals surface area contributed by atoms with E-state index in [1.807, 2.05) is 4.90 Å². The van der Waals surface area contributed by atoms with Crippen molar-refractivity contribution in [3.05, 3.63) is 6.07 Å². The highest BCUT2D eigenvalue weighted by Gasteiger charge is 2.15. The standard InChI is InChI=1S/C9H14N6O/c10-6-5-7(14-9(11)13-6)15-3-1-8(16)12-2-4-15/h5H,1-4H2,(H,12,16)(H4,10,11,13,14). The summed E-state index contributed by atoms with van der Waals surface area (Å²) in [5, 5.41) is 2.79. The fourth-order valence-electron chi connectivity index (χ4n) is 1.63. The van der Waals surface area contributed by atoms with Crippen LogP contribution >= 0.6 is 0 Å². The molecule has 16 heavy (non-hydrogen) atoms. The molecule has 0 bridgehead atoms. The van der Waals surface area contributed by atoms with Gasteiger partial charge in [0.05, 0.1) is 0 Å². The number of hydrogen-bond donors (Lipinski definition) is 3. The molecule has 1 aliphatic heterocycles. The van der Waals surface area contributed by atoms with E-state index in [1.54, 1.807) is 6.07 Å². The summed E-state index contributed by atoms with van der Waals surface area (Å²) in [6.07, 6.45) is 0.448. The van der Waals surface area contributed by atoms with E-state index in [1.165, 1.54) is 0 Å². The Bertz CT molecular complexity index is 387. The maximum absolute atomic E-state index is 11.2. The topological polar surface area (TPSA) is 110 Å². The van der Waals surface area contributed by atoms with E-state index in [0.29, 0.717) is 37.7 Å². The lowest BCUT2D eigenvalue weighted by Gasteiger charge is -2.20. The largest absolute Gasteiger partial charge is 0.383 e. The summed E-state index contributed by atoms with van der Waals surface area (Å²) >= 11 is 0. The van der Waals surface area contributed by atoms with Crippen molar-refractivity contribution in [1.82, 2.24) is 15.3 Å². The zero-order chi connectivity index (χ0) is 11.5. The SMILES string of the molecule is Nc1cc(N2CCNC(=O)CC2)nc(N)n1. The Balaban J connectivity index is 2.19. The van der Waals surface area contributed by atoms with E-state index in [0.717, 1.165) is 0 Å². The average molecular weight is 222 g/mol. The van der Waals surface area contributed by atoms with Crippen LogP contribution in [0.5, 0.6) is 0 Å². The molecule has 1 amide bonds. The smallest absolute Gasteiger partial charge is 0.223 e.